The summed E-state index contributed by atoms with van der Waals surface area (Å²) < 4.78 is 40.8. The van der Waals surface area contributed by atoms with Gasteiger partial charge in [0.15, 0.2) is 5.82 Å². The van der Waals surface area contributed by atoms with Gasteiger partial charge in [0, 0.05) is 0 Å². The molecule has 0 aliphatic heterocycles. The van der Waals surface area contributed by atoms with Crippen molar-refractivity contribution in [2.45, 2.75) is 6.36 Å². The highest BCUT2D eigenvalue weighted by atomic mass is 35.5. The minimum Gasteiger partial charge on any atom is -0.406 e. The molecule has 0 bridgehead atoms. The van der Waals surface area contributed by atoms with Crippen LogP contribution >= 0.6 is 34.8 Å². The number of benzene rings is 2. The number of halogens is 6. The average Bonchev–Trinajstić information content (AvgIpc) is 2.81. The summed E-state index contributed by atoms with van der Waals surface area (Å²) in [5, 5.41) is 7.99. The quantitative estimate of drug-likeness (QED) is 0.144. The summed E-state index contributed by atoms with van der Waals surface area (Å²) in [5.41, 5.74) is 4.09. The molecule has 2 aromatic heterocycles. The molecule has 4 aromatic rings. The molecule has 0 saturated carbocycles. The van der Waals surface area contributed by atoms with E-state index in [9.17, 15) is 13.2 Å². The molecule has 0 atom stereocenters. The highest BCUT2D eigenvalue weighted by Crippen LogP contribution is 2.33. The Morgan fingerprint density at radius 2 is 1.56 bits per heavy atom. The summed E-state index contributed by atoms with van der Waals surface area (Å²) in [5.74, 6) is -0.0183. The Morgan fingerprint density at radius 3 is 2.19 bits per heavy atom. The van der Waals surface area contributed by atoms with Gasteiger partial charge in [-0.1, -0.05) is 40.9 Å². The number of aromatic nitrogens is 4. The smallest absolute Gasteiger partial charge is 0.406 e. The van der Waals surface area contributed by atoms with E-state index >= 15 is 0 Å². The normalized spacial score (nSPS) is 11.5. The minimum atomic E-state index is -4.77. The van der Waals surface area contributed by atoms with E-state index in [-0.39, 0.29) is 23.5 Å². The molecule has 0 fully saturated rings. The van der Waals surface area contributed by atoms with E-state index < -0.39 is 6.36 Å². The van der Waals surface area contributed by atoms with Gasteiger partial charge >= 0.3 is 6.36 Å². The standard InChI is InChI=1S/C22H13Cl3F3N7O/c23-15-2-1-3-16(24)18(15)19-32-20(31-13-6-9-17(25)29-11-13)34-21(33-19)35-30-10-12-4-7-14(8-5-12)36-22(26,27)28/h1-11H,(H2,31,32,33,34,35). The third kappa shape index (κ3) is 6.94. The van der Waals surface area contributed by atoms with Crippen molar-refractivity contribution in [1.29, 1.82) is 0 Å². The fraction of sp³-hybridized carbons (Fsp3) is 0.0455. The molecule has 8 nitrogen and oxygen atoms in total. The Morgan fingerprint density at radius 1 is 0.861 bits per heavy atom. The van der Waals surface area contributed by atoms with Gasteiger partial charge in [0.1, 0.15) is 10.9 Å². The van der Waals surface area contributed by atoms with Crippen molar-refractivity contribution in [3.63, 3.8) is 0 Å². The number of rotatable bonds is 7. The molecule has 36 heavy (non-hydrogen) atoms. The second kappa shape index (κ2) is 10.9. The number of hydrazone groups is 1. The van der Waals surface area contributed by atoms with Crippen molar-refractivity contribution in [3.05, 3.63) is 81.6 Å². The number of hydrogen-bond donors (Lipinski definition) is 2. The second-order valence-corrected chi connectivity index (χ2v) is 8.09. The summed E-state index contributed by atoms with van der Waals surface area (Å²) in [6.45, 7) is 0. The molecule has 2 heterocycles. The average molecular weight is 555 g/mol. The maximum Gasteiger partial charge on any atom is 0.573 e. The van der Waals surface area contributed by atoms with Gasteiger partial charge in [0.25, 0.3) is 0 Å². The van der Waals surface area contributed by atoms with E-state index in [1.54, 1.807) is 30.3 Å². The number of pyridine rings is 1. The van der Waals surface area contributed by atoms with Gasteiger partial charge in [-0.25, -0.2) is 10.4 Å². The molecule has 0 unspecified atom stereocenters. The Bertz CT molecular complexity index is 1370. The van der Waals surface area contributed by atoms with Crippen LogP contribution in [0.15, 0.2) is 65.9 Å². The summed E-state index contributed by atoms with van der Waals surface area (Å²) in [4.78, 5) is 17.0. The highest BCUT2D eigenvalue weighted by Gasteiger charge is 2.30. The van der Waals surface area contributed by atoms with Crippen LogP contribution in [0, 0.1) is 0 Å². The first-order chi connectivity index (χ1) is 17.2. The van der Waals surface area contributed by atoms with Crippen LogP contribution in [0.3, 0.4) is 0 Å². The molecule has 184 valence electrons. The predicted molar refractivity (Wildman–Crippen MR) is 132 cm³/mol. The molecule has 2 aromatic carbocycles. The first-order valence-electron chi connectivity index (χ1n) is 9.90. The Balaban J connectivity index is 1.60. The molecular formula is C22H13Cl3F3N7O. The largest absolute Gasteiger partial charge is 0.573 e. The van der Waals surface area contributed by atoms with Crippen molar-refractivity contribution in [2.24, 2.45) is 5.10 Å². The SMILES string of the molecule is FC(F)(F)Oc1ccc(C=NNc2nc(Nc3ccc(Cl)nc3)nc(-c3c(Cl)cccc3Cl)n2)cc1. The van der Waals surface area contributed by atoms with Crippen molar-refractivity contribution >= 4 is 58.6 Å². The molecule has 4 rings (SSSR count). The van der Waals surface area contributed by atoms with Gasteiger partial charge in [-0.05, 0) is 54.1 Å². The Kier molecular flexibility index (Phi) is 7.73. The summed E-state index contributed by atoms with van der Waals surface area (Å²) in [6, 6.07) is 13.4. The number of anilines is 3. The van der Waals surface area contributed by atoms with Crippen LogP contribution in [-0.2, 0) is 0 Å². The molecule has 0 amide bonds. The Labute approximate surface area is 217 Å². The lowest BCUT2D eigenvalue weighted by molar-refractivity contribution is -0.274. The van der Waals surface area contributed by atoms with Crippen LogP contribution in [-0.4, -0.2) is 32.5 Å². The number of nitrogens with one attached hydrogen (secondary N) is 2. The van der Waals surface area contributed by atoms with E-state index in [0.717, 1.165) is 12.1 Å². The first-order valence-corrected chi connectivity index (χ1v) is 11.0. The lowest BCUT2D eigenvalue weighted by atomic mass is 10.2. The third-order valence-corrected chi connectivity index (χ3v) is 5.15. The highest BCUT2D eigenvalue weighted by molar-refractivity contribution is 6.39. The van der Waals surface area contributed by atoms with E-state index in [0.29, 0.717) is 32.0 Å². The molecule has 0 aliphatic rings. The maximum atomic E-state index is 12.3. The lowest BCUT2D eigenvalue weighted by Crippen LogP contribution is -2.17. The minimum absolute atomic E-state index is 0.0358. The second-order valence-electron chi connectivity index (χ2n) is 6.88. The number of ether oxygens (including phenoxy) is 1. The van der Waals surface area contributed by atoms with Crippen molar-refractivity contribution < 1.29 is 17.9 Å². The van der Waals surface area contributed by atoms with Crippen LogP contribution in [0.25, 0.3) is 11.4 Å². The van der Waals surface area contributed by atoms with Gasteiger partial charge in [-0.3, -0.25) is 0 Å². The maximum absolute atomic E-state index is 12.3. The number of hydrogen-bond acceptors (Lipinski definition) is 8. The fourth-order valence-corrected chi connectivity index (χ4v) is 3.48. The van der Waals surface area contributed by atoms with E-state index in [1.807, 2.05) is 0 Å². The van der Waals surface area contributed by atoms with Crippen molar-refractivity contribution in [3.8, 4) is 17.1 Å². The summed E-state index contributed by atoms with van der Waals surface area (Å²) in [6.07, 6.45) is -1.92. The molecule has 0 aliphatic carbocycles. The van der Waals surface area contributed by atoms with Crippen LogP contribution in [0.5, 0.6) is 5.75 Å². The van der Waals surface area contributed by atoms with Gasteiger partial charge < -0.3 is 10.1 Å². The van der Waals surface area contributed by atoms with E-state index in [1.165, 1.54) is 24.5 Å². The molecule has 0 spiro atoms. The van der Waals surface area contributed by atoms with Gasteiger partial charge in [-0.15, -0.1) is 13.2 Å². The van der Waals surface area contributed by atoms with Crippen molar-refractivity contribution in [2.75, 3.05) is 10.7 Å². The summed E-state index contributed by atoms with van der Waals surface area (Å²) >= 11 is 18.5. The first kappa shape index (κ1) is 25.4. The Hall–Kier alpha value is -3.67. The van der Waals surface area contributed by atoms with Crippen LogP contribution in [0.4, 0.5) is 30.8 Å². The van der Waals surface area contributed by atoms with Crippen LogP contribution < -0.4 is 15.5 Å². The van der Waals surface area contributed by atoms with Crippen LogP contribution in [0.2, 0.25) is 15.2 Å². The molecule has 14 heteroatoms. The number of nitrogens with zero attached hydrogens (tertiary/aromatic N) is 5. The monoisotopic (exact) mass is 553 g/mol. The summed E-state index contributed by atoms with van der Waals surface area (Å²) in [7, 11) is 0. The molecule has 0 saturated heterocycles. The van der Waals surface area contributed by atoms with E-state index in [2.05, 4.69) is 40.5 Å². The van der Waals surface area contributed by atoms with Gasteiger partial charge in [-0.2, -0.15) is 20.1 Å². The van der Waals surface area contributed by atoms with Crippen LogP contribution in [0.1, 0.15) is 5.56 Å². The molecule has 0 radical (unpaired) electrons. The number of alkyl halides is 3. The zero-order valence-corrected chi connectivity index (χ0v) is 20.0. The van der Waals surface area contributed by atoms with Gasteiger partial charge in [0.05, 0.1) is 33.7 Å². The zero-order chi connectivity index (χ0) is 25.7. The fourth-order valence-electron chi connectivity index (χ4n) is 2.80. The van der Waals surface area contributed by atoms with Crippen molar-refractivity contribution in [1.82, 2.24) is 19.9 Å². The van der Waals surface area contributed by atoms with Gasteiger partial charge in [0.2, 0.25) is 11.9 Å². The third-order valence-electron chi connectivity index (χ3n) is 4.30. The molecule has 2 N–H and O–H groups in total. The zero-order valence-electron chi connectivity index (χ0n) is 17.8. The molecular weight excluding hydrogens is 542 g/mol. The topological polar surface area (TPSA) is 97.2 Å². The predicted octanol–water partition coefficient (Wildman–Crippen LogP) is 6.98. The lowest BCUT2D eigenvalue weighted by Gasteiger charge is -2.10. The van der Waals surface area contributed by atoms with E-state index in [4.69, 9.17) is 34.8 Å².